The highest BCUT2D eigenvalue weighted by Crippen LogP contribution is 2.24. The van der Waals surface area contributed by atoms with E-state index < -0.39 is 18.5 Å². The van der Waals surface area contributed by atoms with Crippen LogP contribution in [0.1, 0.15) is 36.0 Å². The third kappa shape index (κ3) is 7.77. The Morgan fingerprint density at radius 2 is 1.75 bits per heavy atom. The predicted molar refractivity (Wildman–Crippen MR) is 102 cm³/mol. The average molecular weight is 450 g/mol. The molecule has 0 atom stereocenters. The van der Waals surface area contributed by atoms with E-state index in [9.17, 15) is 14.4 Å². The monoisotopic (exact) mass is 449 g/mol. The van der Waals surface area contributed by atoms with Gasteiger partial charge in [-0.2, -0.15) is 10.5 Å². The Bertz CT molecular complexity index is 780. The number of carbonyl (C=O) groups excluding carboxylic acids is 3. The van der Waals surface area contributed by atoms with Crippen LogP contribution in [0.3, 0.4) is 0 Å². The minimum Gasteiger partial charge on any atom is -0.496 e. The van der Waals surface area contributed by atoms with Crippen molar-refractivity contribution in [2.24, 2.45) is 0 Å². The smallest absolute Gasteiger partial charge is 0.306 e. The molecule has 0 aliphatic carbocycles. The van der Waals surface area contributed by atoms with E-state index in [4.69, 9.17) is 20.0 Å². The van der Waals surface area contributed by atoms with E-state index in [0.29, 0.717) is 15.8 Å². The molecule has 0 aliphatic heterocycles. The van der Waals surface area contributed by atoms with Gasteiger partial charge in [-0.15, -0.1) is 0 Å². The zero-order valence-corrected chi connectivity index (χ0v) is 17.0. The maximum absolute atomic E-state index is 12.3. The van der Waals surface area contributed by atoms with Gasteiger partial charge in [-0.3, -0.25) is 14.4 Å². The molecule has 1 rings (SSSR count). The SMILES string of the molecule is COc1ccc(Br)cc1C(=O)CCC(=O)OCC(=O)N(CCC#N)CCC#N. The summed E-state index contributed by atoms with van der Waals surface area (Å²) in [6.45, 7) is -0.171. The second kappa shape index (κ2) is 12.5. The van der Waals surface area contributed by atoms with Gasteiger partial charge in [-0.05, 0) is 18.2 Å². The number of hydrogen-bond acceptors (Lipinski definition) is 7. The fraction of sp³-hybridized carbons (Fsp3) is 0.421. The zero-order valence-electron chi connectivity index (χ0n) is 15.4. The lowest BCUT2D eigenvalue weighted by molar-refractivity contribution is -0.152. The van der Waals surface area contributed by atoms with Crippen molar-refractivity contribution in [2.45, 2.75) is 25.7 Å². The van der Waals surface area contributed by atoms with Gasteiger partial charge < -0.3 is 14.4 Å². The van der Waals surface area contributed by atoms with Gasteiger partial charge >= 0.3 is 5.97 Å². The molecule has 28 heavy (non-hydrogen) atoms. The molecule has 0 aromatic heterocycles. The summed E-state index contributed by atoms with van der Waals surface area (Å²) in [6.07, 6.45) is -0.0350. The Morgan fingerprint density at radius 3 is 2.32 bits per heavy atom. The molecule has 0 N–H and O–H groups in total. The van der Waals surface area contributed by atoms with Gasteiger partial charge in [0.05, 0.1) is 44.1 Å². The van der Waals surface area contributed by atoms with Crippen LogP contribution < -0.4 is 4.74 Å². The van der Waals surface area contributed by atoms with E-state index in [1.165, 1.54) is 12.0 Å². The molecule has 0 aliphatic rings. The first-order valence-electron chi connectivity index (χ1n) is 8.47. The van der Waals surface area contributed by atoms with Crippen LogP contribution in [0.5, 0.6) is 5.75 Å². The number of amides is 1. The number of esters is 1. The highest BCUT2D eigenvalue weighted by Gasteiger charge is 2.18. The number of methoxy groups -OCH3 is 1. The lowest BCUT2D eigenvalue weighted by Crippen LogP contribution is -2.36. The van der Waals surface area contributed by atoms with Gasteiger partial charge in [-0.25, -0.2) is 0 Å². The summed E-state index contributed by atoms with van der Waals surface area (Å²) < 4.78 is 10.8. The molecule has 0 spiro atoms. The van der Waals surface area contributed by atoms with Crippen LogP contribution in [0.15, 0.2) is 22.7 Å². The van der Waals surface area contributed by atoms with Gasteiger partial charge in [0.1, 0.15) is 5.75 Å². The van der Waals surface area contributed by atoms with E-state index in [1.54, 1.807) is 18.2 Å². The van der Waals surface area contributed by atoms with Gasteiger partial charge in [0.25, 0.3) is 5.91 Å². The van der Waals surface area contributed by atoms with Crippen molar-refractivity contribution in [3.8, 4) is 17.9 Å². The van der Waals surface area contributed by atoms with Crippen molar-refractivity contribution >= 4 is 33.6 Å². The minimum absolute atomic E-state index is 0.0909. The second-order valence-corrected chi connectivity index (χ2v) is 6.54. The van der Waals surface area contributed by atoms with Crippen molar-refractivity contribution in [2.75, 3.05) is 26.8 Å². The van der Waals surface area contributed by atoms with Crippen molar-refractivity contribution in [1.82, 2.24) is 4.90 Å². The molecule has 9 heteroatoms. The lowest BCUT2D eigenvalue weighted by Gasteiger charge is -2.20. The van der Waals surface area contributed by atoms with Gasteiger partial charge in [0.15, 0.2) is 12.4 Å². The van der Waals surface area contributed by atoms with E-state index in [1.807, 2.05) is 12.1 Å². The Hall–Kier alpha value is -2.91. The van der Waals surface area contributed by atoms with Gasteiger partial charge in [0, 0.05) is 24.0 Å². The topological polar surface area (TPSA) is 120 Å². The molecule has 1 amide bonds. The number of benzene rings is 1. The third-order valence-corrected chi connectivity index (χ3v) is 4.21. The lowest BCUT2D eigenvalue weighted by atomic mass is 10.1. The maximum Gasteiger partial charge on any atom is 0.306 e. The number of carbonyl (C=O) groups is 3. The van der Waals surface area contributed by atoms with E-state index in [-0.39, 0.29) is 44.6 Å². The summed E-state index contributed by atoms with van der Waals surface area (Å²) in [5.41, 5.74) is 0.347. The molecule has 0 saturated heterocycles. The number of nitrogens with zero attached hydrogens (tertiary/aromatic N) is 3. The Kier molecular flexibility index (Phi) is 10.3. The van der Waals surface area contributed by atoms with Gasteiger partial charge in [0.2, 0.25) is 0 Å². The summed E-state index contributed by atoms with van der Waals surface area (Å²) in [5.74, 6) is -1.05. The molecule has 1 aromatic rings. The predicted octanol–water partition coefficient (Wildman–Crippen LogP) is 2.62. The average Bonchev–Trinajstić information content (AvgIpc) is 2.70. The first kappa shape index (κ1) is 23.1. The molecule has 148 valence electrons. The summed E-state index contributed by atoms with van der Waals surface area (Å²) in [5, 5.41) is 17.3. The van der Waals surface area contributed by atoms with E-state index >= 15 is 0 Å². The van der Waals surface area contributed by atoms with Crippen molar-refractivity contribution in [1.29, 1.82) is 10.5 Å². The first-order chi connectivity index (χ1) is 13.4. The molecule has 0 fully saturated rings. The van der Waals surface area contributed by atoms with Crippen molar-refractivity contribution in [3.05, 3.63) is 28.2 Å². The fourth-order valence-corrected chi connectivity index (χ4v) is 2.65. The van der Waals surface area contributed by atoms with Crippen LogP contribution in [0, 0.1) is 22.7 Å². The number of ether oxygens (including phenoxy) is 2. The molecule has 1 aromatic carbocycles. The Morgan fingerprint density at radius 1 is 1.11 bits per heavy atom. The first-order valence-corrected chi connectivity index (χ1v) is 9.26. The molecule has 0 saturated carbocycles. The van der Waals surface area contributed by atoms with Gasteiger partial charge in [-0.1, -0.05) is 15.9 Å². The number of hydrogen-bond donors (Lipinski definition) is 0. The molecule has 0 unspecified atom stereocenters. The summed E-state index contributed by atoms with van der Waals surface area (Å²) in [4.78, 5) is 37.6. The van der Waals surface area contributed by atoms with E-state index in [2.05, 4.69) is 15.9 Å². The Balaban J connectivity index is 2.52. The normalized spacial score (nSPS) is 9.71. The minimum atomic E-state index is -0.684. The molecule has 0 radical (unpaired) electrons. The second-order valence-electron chi connectivity index (χ2n) is 5.63. The molecule has 0 heterocycles. The van der Waals surface area contributed by atoms with Crippen LogP contribution in [0.2, 0.25) is 0 Å². The third-order valence-electron chi connectivity index (χ3n) is 3.71. The molecule has 0 bridgehead atoms. The Labute approximate surface area is 171 Å². The quantitative estimate of drug-likeness (QED) is 0.375. The number of Topliss-reactive ketones (excluding diaryl/α,β-unsaturated/α-hetero) is 1. The largest absolute Gasteiger partial charge is 0.496 e. The van der Waals surface area contributed by atoms with Crippen LogP contribution in [0.25, 0.3) is 0 Å². The highest BCUT2D eigenvalue weighted by atomic mass is 79.9. The van der Waals surface area contributed by atoms with Crippen LogP contribution in [-0.4, -0.2) is 49.4 Å². The van der Waals surface area contributed by atoms with Crippen LogP contribution in [0.4, 0.5) is 0 Å². The number of nitriles is 2. The van der Waals surface area contributed by atoms with E-state index in [0.717, 1.165) is 0 Å². The maximum atomic E-state index is 12.3. The fourth-order valence-electron chi connectivity index (χ4n) is 2.29. The summed E-state index contributed by atoms with van der Waals surface area (Å²) in [7, 11) is 1.45. The molecular formula is C19H20BrN3O5. The standard InChI is InChI=1S/C19H20BrN3O5/c1-27-17-6-4-14(20)12-15(17)16(24)5-7-19(26)28-13-18(25)23(10-2-8-21)11-3-9-22/h4,6,12H,2-3,5,7,10-11,13H2,1H3. The van der Waals surface area contributed by atoms with Crippen molar-refractivity contribution < 1.29 is 23.9 Å². The summed E-state index contributed by atoms with van der Waals surface area (Å²) in [6, 6.07) is 8.83. The summed E-state index contributed by atoms with van der Waals surface area (Å²) >= 11 is 3.28. The number of halogens is 1. The van der Waals surface area contributed by atoms with Crippen LogP contribution in [-0.2, 0) is 14.3 Å². The molecular weight excluding hydrogens is 430 g/mol. The van der Waals surface area contributed by atoms with Crippen molar-refractivity contribution in [3.63, 3.8) is 0 Å². The van der Waals surface area contributed by atoms with Crippen LogP contribution >= 0.6 is 15.9 Å². The highest BCUT2D eigenvalue weighted by molar-refractivity contribution is 9.10. The number of rotatable bonds is 11. The zero-order chi connectivity index (χ0) is 20.9. The molecule has 8 nitrogen and oxygen atoms in total. The number of ketones is 1.